The van der Waals surface area contributed by atoms with Crippen LogP contribution in [0.25, 0.3) is 0 Å². The second-order valence-electron chi connectivity index (χ2n) is 19.8. The molecule has 12 nitrogen and oxygen atoms in total. The molecule has 8 aromatic rings. The standard InChI is InChI=1S/C68H70O12/c1-69-57-37-39-58(40-38-57)78-68-66(76-47-56-35-21-8-22-36-56)64(74-45-54-31-17-6-18-32-54)62(72-43-52-27-13-4-14-28-52)60(80-68)49-77-67-65(75-46-55-33-19-7-20-34-55)63(73-44-53-29-15-5-16-30-53)61(71-42-51-25-11-3-12-26-51)59(79-67)48-70-41-50-23-9-2-10-24-50/h2-40,59-68H,41-49H2,1H3/t59-,60-,61-,62-,63+,64+,65-,66-,67+,68-/m1/s1. The van der Waals surface area contributed by atoms with Crippen LogP contribution < -0.4 is 9.47 Å². The molecule has 0 spiro atoms. The van der Waals surface area contributed by atoms with E-state index < -0.39 is 61.4 Å². The van der Waals surface area contributed by atoms with E-state index in [1.807, 2.05) is 237 Å². The minimum Gasteiger partial charge on any atom is -0.497 e. The molecular formula is C68H70O12. The average Bonchev–Trinajstić information content (AvgIpc) is 3.60. The lowest BCUT2D eigenvalue weighted by molar-refractivity contribution is -0.346. The number of ether oxygens (including phenoxy) is 12. The molecule has 0 radical (unpaired) electrons. The van der Waals surface area contributed by atoms with Gasteiger partial charge in [0.25, 0.3) is 0 Å². The van der Waals surface area contributed by atoms with Crippen molar-refractivity contribution >= 4 is 0 Å². The third-order valence-corrected chi connectivity index (χ3v) is 14.0. The molecule has 8 aromatic carbocycles. The molecule has 10 rings (SSSR count). The van der Waals surface area contributed by atoms with Gasteiger partial charge in [0.15, 0.2) is 6.29 Å². The van der Waals surface area contributed by atoms with Crippen LogP contribution in [0.2, 0.25) is 0 Å². The van der Waals surface area contributed by atoms with E-state index in [1.165, 1.54) is 0 Å². The molecule has 0 N–H and O–H groups in total. The highest BCUT2D eigenvalue weighted by Gasteiger charge is 2.53. The Bertz CT molecular complexity index is 2950. The number of methoxy groups -OCH3 is 1. The first-order valence-corrected chi connectivity index (χ1v) is 27.4. The summed E-state index contributed by atoms with van der Waals surface area (Å²) in [7, 11) is 1.63. The maximum absolute atomic E-state index is 7.19. The summed E-state index contributed by atoms with van der Waals surface area (Å²) < 4.78 is 82.6. The molecule has 414 valence electrons. The lowest BCUT2D eigenvalue weighted by Crippen LogP contribution is -2.64. The molecule has 10 atom stereocenters. The summed E-state index contributed by atoms with van der Waals surface area (Å²) in [6.45, 7) is 1.97. The molecule has 12 heteroatoms. The van der Waals surface area contributed by atoms with Crippen molar-refractivity contribution in [2.75, 3.05) is 20.3 Å². The summed E-state index contributed by atoms with van der Waals surface area (Å²) in [5.74, 6) is 1.22. The average molecular weight is 1080 g/mol. The normalized spacial score (nSPS) is 22.8. The van der Waals surface area contributed by atoms with Gasteiger partial charge in [0, 0.05) is 0 Å². The predicted octanol–water partition coefficient (Wildman–Crippen LogP) is 12.3. The van der Waals surface area contributed by atoms with Gasteiger partial charge in [0.1, 0.15) is 60.3 Å². The van der Waals surface area contributed by atoms with Crippen LogP contribution in [-0.4, -0.2) is 81.7 Å². The third-order valence-electron chi connectivity index (χ3n) is 14.0. The Hall–Kier alpha value is -7.04. The largest absolute Gasteiger partial charge is 0.497 e. The van der Waals surface area contributed by atoms with E-state index in [2.05, 4.69) is 0 Å². The number of benzene rings is 8. The number of hydrogen-bond acceptors (Lipinski definition) is 12. The van der Waals surface area contributed by atoms with Crippen LogP contribution in [0, 0.1) is 0 Å². The van der Waals surface area contributed by atoms with Gasteiger partial charge in [-0.25, -0.2) is 0 Å². The molecule has 0 bridgehead atoms. The molecule has 0 saturated carbocycles. The number of hydrogen-bond donors (Lipinski definition) is 0. The van der Waals surface area contributed by atoms with Crippen LogP contribution >= 0.6 is 0 Å². The Kier molecular flexibility index (Phi) is 21.1. The summed E-state index contributed by atoms with van der Waals surface area (Å²) in [5.41, 5.74) is 6.88. The molecule has 0 aromatic heterocycles. The molecule has 0 amide bonds. The monoisotopic (exact) mass is 1080 g/mol. The zero-order chi connectivity index (χ0) is 54.4. The molecule has 2 aliphatic rings. The Morgan fingerprint density at radius 3 is 0.925 bits per heavy atom. The summed E-state index contributed by atoms with van der Waals surface area (Å²) in [5, 5.41) is 0. The predicted molar refractivity (Wildman–Crippen MR) is 303 cm³/mol. The smallest absolute Gasteiger partial charge is 0.229 e. The Labute approximate surface area is 469 Å². The van der Waals surface area contributed by atoms with Gasteiger partial charge in [-0.3, -0.25) is 0 Å². The fourth-order valence-electron chi connectivity index (χ4n) is 9.83. The van der Waals surface area contributed by atoms with Crippen LogP contribution in [-0.2, 0) is 93.6 Å². The van der Waals surface area contributed by atoms with Crippen LogP contribution in [0.1, 0.15) is 38.9 Å². The van der Waals surface area contributed by atoms with Gasteiger partial charge in [-0.1, -0.05) is 212 Å². The zero-order valence-electron chi connectivity index (χ0n) is 45.1. The first-order valence-electron chi connectivity index (χ1n) is 27.4. The second-order valence-corrected chi connectivity index (χ2v) is 19.8. The molecule has 2 fully saturated rings. The van der Waals surface area contributed by atoms with E-state index in [4.69, 9.17) is 56.8 Å². The summed E-state index contributed by atoms with van der Waals surface area (Å²) in [6.07, 6.45) is -8.18. The van der Waals surface area contributed by atoms with Gasteiger partial charge in [-0.2, -0.15) is 0 Å². The van der Waals surface area contributed by atoms with Crippen LogP contribution in [0.3, 0.4) is 0 Å². The van der Waals surface area contributed by atoms with Crippen molar-refractivity contribution in [3.05, 3.63) is 276 Å². The third kappa shape index (κ3) is 16.3. The summed E-state index contributed by atoms with van der Waals surface area (Å²) in [4.78, 5) is 0. The Morgan fingerprint density at radius 1 is 0.275 bits per heavy atom. The molecule has 2 aliphatic heterocycles. The van der Waals surface area contributed by atoms with Crippen LogP contribution in [0.15, 0.2) is 237 Å². The van der Waals surface area contributed by atoms with E-state index >= 15 is 0 Å². The minimum atomic E-state index is -1.04. The fraction of sp³-hybridized carbons (Fsp3) is 0.294. The lowest BCUT2D eigenvalue weighted by Gasteiger charge is -2.48. The zero-order valence-corrected chi connectivity index (χ0v) is 45.1. The second kappa shape index (κ2) is 30.0. The van der Waals surface area contributed by atoms with Gasteiger partial charge in [0.05, 0.1) is 66.6 Å². The number of rotatable bonds is 28. The van der Waals surface area contributed by atoms with Crippen molar-refractivity contribution in [3.63, 3.8) is 0 Å². The van der Waals surface area contributed by atoms with Gasteiger partial charge in [0.2, 0.25) is 6.29 Å². The molecule has 2 saturated heterocycles. The van der Waals surface area contributed by atoms with Crippen molar-refractivity contribution in [2.45, 2.75) is 108 Å². The van der Waals surface area contributed by atoms with Crippen molar-refractivity contribution in [1.29, 1.82) is 0 Å². The van der Waals surface area contributed by atoms with E-state index in [-0.39, 0.29) is 52.9 Å². The maximum atomic E-state index is 7.19. The Balaban J connectivity index is 1.02. The summed E-state index contributed by atoms with van der Waals surface area (Å²) in [6, 6.07) is 77.7. The van der Waals surface area contributed by atoms with E-state index in [9.17, 15) is 0 Å². The maximum Gasteiger partial charge on any atom is 0.229 e. The van der Waals surface area contributed by atoms with E-state index in [0.717, 1.165) is 38.9 Å². The molecular weight excluding hydrogens is 1010 g/mol. The van der Waals surface area contributed by atoms with Gasteiger partial charge < -0.3 is 56.8 Å². The van der Waals surface area contributed by atoms with Crippen LogP contribution in [0.5, 0.6) is 11.5 Å². The van der Waals surface area contributed by atoms with Crippen molar-refractivity contribution < 1.29 is 56.8 Å². The van der Waals surface area contributed by atoms with E-state index in [1.54, 1.807) is 7.11 Å². The SMILES string of the molecule is COc1ccc(O[C@@H]2O[C@H](CO[C@H]3O[C@H](COCc4ccccc4)[C@@H](OCc4ccccc4)[C@H](OCc4ccccc4)[C@H]3OCc3ccccc3)[C@@H](OCc3ccccc3)[C@H](OCc3ccccc3)[C@H]2OCc2ccccc2)cc1. The van der Waals surface area contributed by atoms with Gasteiger partial charge >= 0.3 is 0 Å². The van der Waals surface area contributed by atoms with Crippen molar-refractivity contribution in [3.8, 4) is 11.5 Å². The van der Waals surface area contributed by atoms with E-state index in [0.29, 0.717) is 18.1 Å². The minimum absolute atomic E-state index is 0.0626. The van der Waals surface area contributed by atoms with Crippen molar-refractivity contribution in [2.24, 2.45) is 0 Å². The van der Waals surface area contributed by atoms with Crippen molar-refractivity contribution in [1.82, 2.24) is 0 Å². The first kappa shape index (κ1) is 56.2. The van der Waals surface area contributed by atoms with Crippen LogP contribution in [0.4, 0.5) is 0 Å². The topological polar surface area (TPSA) is 111 Å². The molecule has 0 unspecified atom stereocenters. The quantitative estimate of drug-likeness (QED) is 0.0466. The highest BCUT2D eigenvalue weighted by Crippen LogP contribution is 2.36. The highest BCUT2D eigenvalue weighted by molar-refractivity contribution is 5.31. The molecule has 0 aliphatic carbocycles. The fourth-order valence-corrected chi connectivity index (χ4v) is 9.83. The molecule has 80 heavy (non-hydrogen) atoms. The van der Waals surface area contributed by atoms with Gasteiger partial charge in [-0.05, 0) is 63.2 Å². The van der Waals surface area contributed by atoms with Gasteiger partial charge in [-0.15, -0.1) is 0 Å². The highest BCUT2D eigenvalue weighted by atomic mass is 16.8. The summed E-state index contributed by atoms with van der Waals surface area (Å²) >= 11 is 0. The molecule has 2 heterocycles. The lowest BCUT2D eigenvalue weighted by atomic mass is 9.96. The first-order chi connectivity index (χ1) is 39.6. The Morgan fingerprint density at radius 2 is 0.562 bits per heavy atom.